The maximum Gasteiger partial charge on any atom is 0.0454 e. The van der Waals surface area contributed by atoms with E-state index in [-0.39, 0.29) is 6.04 Å². The fourth-order valence-electron chi connectivity index (χ4n) is 2.32. The van der Waals surface area contributed by atoms with Crippen molar-refractivity contribution in [3.8, 4) is 0 Å². The monoisotopic (exact) mass is 316 g/mol. The van der Waals surface area contributed by atoms with Gasteiger partial charge >= 0.3 is 0 Å². The molecule has 1 unspecified atom stereocenters. The Morgan fingerprint density at radius 2 is 1.85 bits per heavy atom. The van der Waals surface area contributed by atoms with Crippen molar-refractivity contribution in [1.29, 1.82) is 0 Å². The third kappa shape index (κ3) is 5.61. The Labute approximate surface area is 133 Å². The van der Waals surface area contributed by atoms with Crippen molar-refractivity contribution >= 4 is 23.2 Å². The summed E-state index contributed by atoms with van der Waals surface area (Å²) in [6.45, 7) is 10.8. The van der Waals surface area contributed by atoms with E-state index in [1.54, 1.807) is 0 Å². The number of rotatable bonds is 9. The van der Waals surface area contributed by atoms with Gasteiger partial charge in [-0.2, -0.15) is 0 Å². The number of hydrogen-bond donors (Lipinski definition) is 1. The van der Waals surface area contributed by atoms with Gasteiger partial charge in [-0.1, -0.05) is 44.0 Å². The van der Waals surface area contributed by atoms with Gasteiger partial charge in [-0.25, -0.2) is 0 Å². The predicted octanol–water partition coefficient (Wildman–Crippen LogP) is 4.77. The van der Waals surface area contributed by atoms with Gasteiger partial charge in [0.05, 0.1) is 0 Å². The minimum Gasteiger partial charge on any atom is -0.310 e. The summed E-state index contributed by atoms with van der Waals surface area (Å²) < 4.78 is 0. The first-order valence-corrected chi connectivity index (χ1v) is 8.28. The second-order valence-electron chi connectivity index (χ2n) is 4.99. The molecule has 2 nitrogen and oxygen atoms in total. The third-order valence-electron chi connectivity index (χ3n) is 3.60. The molecule has 114 valence electrons. The van der Waals surface area contributed by atoms with Gasteiger partial charge < -0.3 is 10.2 Å². The SMILES string of the molecule is CCCNC(CCN(CC)CC)c1cc(Cl)ccc1Cl. The average molecular weight is 317 g/mol. The topological polar surface area (TPSA) is 15.3 Å². The molecule has 0 heterocycles. The molecule has 0 aliphatic heterocycles. The molecule has 1 rings (SSSR count). The highest BCUT2D eigenvalue weighted by Gasteiger charge is 2.15. The van der Waals surface area contributed by atoms with Crippen LogP contribution in [0.4, 0.5) is 0 Å². The van der Waals surface area contributed by atoms with Crippen molar-refractivity contribution in [3.63, 3.8) is 0 Å². The van der Waals surface area contributed by atoms with Crippen LogP contribution in [0, 0.1) is 0 Å². The fraction of sp³-hybridized carbons (Fsp3) is 0.625. The summed E-state index contributed by atoms with van der Waals surface area (Å²) in [5, 5.41) is 5.13. The third-order valence-corrected chi connectivity index (χ3v) is 4.18. The zero-order valence-electron chi connectivity index (χ0n) is 12.8. The van der Waals surface area contributed by atoms with Crippen molar-refractivity contribution < 1.29 is 0 Å². The van der Waals surface area contributed by atoms with Crippen LogP contribution in [0.2, 0.25) is 10.0 Å². The molecule has 1 aromatic rings. The molecule has 1 atom stereocenters. The first kappa shape index (κ1) is 17.8. The van der Waals surface area contributed by atoms with Crippen molar-refractivity contribution in [2.45, 2.75) is 39.7 Å². The van der Waals surface area contributed by atoms with E-state index in [4.69, 9.17) is 23.2 Å². The van der Waals surface area contributed by atoms with Crippen LogP contribution in [-0.2, 0) is 0 Å². The molecule has 1 aromatic carbocycles. The maximum atomic E-state index is 6.34. The van der Waals surface area contributed by atoms with Gasteiger partial charge in [-0.15, -0.1) is 0 Å². The molecule has 0 amide bonds. The Kier molecular flexibility index (Phi) is 8.55. The molecule has 0 aliphatic carbocycles. The van der Waals surface area contributed by atoms with Crippen molar-refractivity contribution in [2.24, 2.45) is 0 Å². The molecule has 4 heteroatoms. The van der Waals surface area contributed by atoms with E-state index >= 15 is 0 Å². The first-order valence-electron chi connectivity index (χ1n) is 7.53. The Hall–Kier alpha value is -0.280. The smallest absolute Gasteiger partial charge is 0.0454 e. The first-order chi connectivity index (χ1) is 9.62. The molecule has 0 radical (unpaired) electrons. The van der Waals surface area contributed by atoms with Crippen LogP contribution in [0.15, 0.2) is 18.2 Å². The molecule has 20 heavy (non-hydrogen) atoms. The van der Waals surface area contributed by atoms with Crippen LogP contribution >= 0.6 is 23.2 Å². The van der Waals surface area contributed by atoms with Crippen LogP contribution < -0.4 is 5.32 Å². The van der Waals surface area contributed by atoms with Gasteiger partial charge in [-0.05, 0) is 62.8 Å². The molecule has 0 bridgehead atoms. The van der Waals surface area contributed by atoms with Gasteiger partial charge in [0.1, 0.15) is 0 Å². The number of hydrogen-bond acceptors (Lipinski definition) is 2. The molecule has 0 saturated carbocycles. The summed E-state index contributed by atoms with van der Waals surface area (Å²) in [6, 6.07) is 5.98. The summed E-state index contributed by atoms with van der Waals surface area (Å²) in [4.78, 5) is 2.43. The van der Waals surface area contributed by atoms with E-state index < -0.39 is 0 Å². The summed E-state index contributed by atoms with van der Waals surface area (Å²) in [7, 11) is 0. The molecular weight excluding hydrogens is 291 g/mol. The molecule has 0 fully saturated rings. The van der Waals surface area contributed by atoms with E-state index in [9.17, 15) is 0 Å². The Bertz CT molecular complexity index is 392. The second-order valence-corrected chi connectivity index (χ2v) is 5.83. The summed E-state index contributed by atoms with van der Waals surface area (Å²) in [5.41, 5.74) is 1.11. The van der Waals surface area contributed by atoms with Crippen LogP contribution in [0.3, 0.4) is 0 Å². The maximum absolute atomic E-state index is 6.34. The van der Waals surface area contributed by atoms with Gasteiger partial charge in [0.25, 0.3) is 0 Å². The molecule has 0 aliphatic rings. The molecule has 0 spiro atoms. The summed E-state index contributed by atoms with van der Waals surface area (Å²) in [5.74, 6) is 0. The lowest BCUT2D eigenvalue weighted by atomic mass is 10.0. The quantitative estimate of drug-likeness (QED) is 0.706. The number of nitrogens with zero attached hydrogens (tertiary/aromatic N) is 1. The number of benzene rings is 1. The Balaban J connectivity index is 2.79. The molecule has 0 aromatic heterocycles. The highest BCUT2D eigenvalue weighted by Crippen LogP contribution is 2.28. The number of halogens is 2. The summed E-state index contributed by atoms with van der Waals surface area (Å²) in [6.07, 6.45) is 2.15. The highest BCUT2D eigenvalue weighted by atomic mass is 35.5. The van der Waals surface area contributed by atoms with Gasteiger partial charge in [0.2, 0.25) is 0 Å². The van der Waals surface area contributed by atoms with Gasteiger partial charge in [0, 0.05) is 16.1 Å². The lowest BCUT2D eigenvalue weighted by molar-refractivity contribution is 0.282. The highest BCUT2D eigenvalue weighted by molar-refractivity contribution is 6.33. The van der Waals surface area contributed by atoms with Gasteiger partial charge in [-0.3, -0.25) is 0 Å². The van der Waals surface area contributed by atoms with E-state index in [0.29, 0.717) is 0 Å². The lowest BCUT2D eigenvalue weighted by Gasteiger charge is -2.24. The minimum atomic E-state index is 0.266. The van der Waals surface area contributed by atoms with Crippen LogP contribution in [-0.4, -0.2) is 31.1 Å². The van der Waals surface area contributed by atoms with E-state index in [1.165, 1.54) is 0 Å². The lowest BCUT2D eigenvalue weighted by Crippen LogP contribution is -2.30. The predicted molar refractivity (Wildman–Crippen MR) is 89.9 cm³/mol. The zero-order chi connectivity index (χ0) is 15.0. The second kappa shape index (κ2) is 9.62. The average Bonchev–Trinajstić information content (AvgIpc) is 2.46. The molecule has 0 saturated heterocycles. The van der Waals surface area contributed by atoms with Gasteiger partial charge in [0.15, 0.2) is 0 Å². The van der Waals surface area contributed by atoms with Crippen molar-refractivity contribution in [1.82, 2.24) is 10.2 Å². The van der Waals surface area contributed by atoms with E-state index in [2.05, 4.69) is 31.0 Å². The fourth-order valence-corrected chi connectivity index (χ4v) is 2.75. The van der Waals surface area contributed by atoms with E-state index in [0.717, 1.165) is 54.6 Å². The minimum absolute atomic E-state index is 0.266. The Morgan fingerprint density at radius 3 is 2.45 bits per heavy atom. The largest absolute Gasteiger partial charge is 0.310 e. The standard InChI is InChI=1S/C16H26Cl2N2/c1-4-10-19-16(9-11-20(5-2)6-3)14-12-13(17)7-8-15(14)18/h7-8,12,16,19H,4-6,9-11H2,1-3H3. The molecule has 1 N–H and O–H groups in total. The normalized spacial score (nSPS) is 12.9. The van der Waals surface area contributed by atoms with Crippen LogP contribution in [0.5, 0.6) is 0 Å². The van der Waals surface area contributed by atoms with E-state index in [1.807, 2.05) is 18.2 Å². The summed E-state index contributed by atoms with van der Waals surface area (Å²) >= 11 is 12.5. The van der Waals surface area contributed by atoms with Crippen molar-refractivity contribution in [3.05, 3.63) is 33.8 Å². The number of nitrogens with one attached hydrogen (secondary N) is 1. The zero-order valence-corrected chi connectivity index (χ0v) is 14.3. The van der Waals surface area contributed by atoms with Crippen molar-refractivity contribution in [2.75, 3.05) is 26.2 Å². The van der Waals surface area contributed by atoms with Crippen LogP contribution in [0.1, 0.15) is 45.2 Å². The Morgan fingerprint density at radius 1 is 1.15 bits per heavy atom. The molecular formula is C16H26Cl2N2. The van der Waals surface area contributed by atoms with Crippen LogP contribution in [0.25, 0.3) is 0 Å².